The van der Waals surface area contributed by atoms with Crippen LogP contribution in [0.15, 0.2) is 38.9 Å². The van der Waals surface area contributed by atoms with E-state index in [1.54, 1.807) is 13.1 Å². The first-order valence-corrected chi connectivity index (χ1v) is 6.77. The molecule has 0 saturated heterocycles. The summed E-state index contributed by atoms with van der Waals surface area (Å²) >= 11 is 3.33. The Hall–Kier alpha value is -2.02. The van der Waals surface area contributed by atoms with Crippen LogP contribution in [-0.2, 0) is 9.59 Å². The number of halogens is 1. The third-order valence-electron chi connectivity index (χ3n) is 2.83. The molecule has 1 atom stereocenters. The largest absolute Gasteiger partial charge is 0.273 e. The van der Waals surface area contributed by atoms with Crippen LogP contribution in [0.4, 0.5) is 0 Å². The van der Waals surface area contributed by atoms with Crippen LogP contribution < -0.4 is 10.9 Å². The maximum Gasteiger partial charge on any atom is 0.249 e. The van der Waals surface area contributed by atoms with Gasteiger partial charge in [0.15, 0.2) is 0 Å². The lowest BCUT2D eigenvalue weighted by atomic mass is 10.0. The molecule has 6 nitrogen and oxygen atoms in total. The van der Waals surface area contributed by atoms with Gasteiger partial charge in [0, 0.05) is 16.6 Å². The molecule has 1 heterocycles. The van der Waals surface area contributed by atoms with Gasteiger partial charge in [0.05, 0.1) is 12.1 Å². The van der Waals surface area contributed by atoms with E-state index in [9.17, 15) is 9.59 Å². The molecule has 0 spiro atoms. The summed E-state index contributed by atoms with van der Waals surface area (Å²) in [5.41, 5.74) is 6.21. The number of benzene rings is 1. The molecule has 0 aliphatic carbocycles. The molecule has 2 rings (SSSR count). The monoisotopic (exact) mass is 336 g/mol. The molecule has 0 fully saturated rings. The van der Waals surface area contributed by atoms with Crippen LogP contribution >= 0.6 is 15.9 Å². The number of hydrogen-bond acceptors (Lipinski definition) is 4. The van der Waals surface area contributed by atoms with Gasteiger partial charge in [0.1, 0.15) is 0 Å². The summed E-state index contributed by atoms with van der Waals surface area (Å²) in [7, 11) is 0. The maximum absolute atomic E-state index is 11.7. The van der Waals surface area contributed by atoms with Crippen molar-refractivity contribution < 1.29 is 9.59 Å². The zero-order valence-corrected chi connectivity index (χ0v) is 12.3. The zero-order chi connectivity index (χ0) is 14.5. The second-order valence-corrected chi connectivity index (χ2v) is 5.25. The summed E-state index contributed by atoms with van der Waals surface area (Å²) in [4.78, 5) is 23.1. The van der Waals surface area contributed by atoms with E-state index in [2.05, 4.69) is 37.0 Å². The normalized spacial score (nSPS) is 18.0. The van der Waals surface area contributed by atoms with Crippen LogP contribution in [0.5, 0.6) is 0 Å². The molecule has 0 radical (unpaired) electrons. The molecular weight excluding hydrogens is 324 g/mol. The van der Waals surface area contributed by atoms with Crippen molar-refractivity contribution in [2.24, 2.45) is 16.1 Å². The van der Waals surface area contributed by atoms with Gasteiger partial charge in [-0.05, 0) is 24.6 Å². The smallest absolute Gasteiger partial charge is 0.249 e. The number of carbonyl (C=O) groups is 2. The number of hydrazone groups is 2. The summed E-state index contributed by atoms with van der Waals surface area (Å²) in [5, 5.41) is 7.63. The van der Waals surface area contributed by atoms with Gasteiger partial charge in [-0.1, -0.05) is 28.1 Å². The lowest BCUT2D eigenvalue weighted by Crippen LogP contribution is -2.29. The van der Waals surface area contributed by atoms with Crippen LogP contribution in [0.3, 0.4) is 0 Å². The van der Waals surface area contributed by atoms with Crippen molar-refractivity contribution in [3.63, 3.8) is 0 Å². The van der Waals surface area contributed by atoms with Crippen molar-refractivity contribution >= 4 is 39.7 Å². The molecule has 2 amide bonds. The first-order valence-electron chi connectivity index (χ1n) is 5.98. The minimum atomic E-state index is -0.502. The van der Waals surface area contributed by atoms with E-state index in [0.29, 0.717) is 5.71 Å². The average molecular weight is 337 g/mol. The van der Waals surface area contributed by atoms with Gasteiger partial charge < -0.3 is 0 Å². The SMILES string of the molecule is CC1=NNC(=O)C1CC(=O)NN=Cc1ccc(Br)cc1. The van der Waals surface area contributed by atoms with Crippen LogP contribution in [0.25, 0.3) is 0 Å². The molecule has 0 aromatic heterocycles. The minimum absolute atomic E-state index is 0.0405. The maximum atomic E-state index is 11.7. The summed E-state index contributed by atoms with van der Waals surface area (Å²) in [6.07, 6.45) is 1.58. The second kappa shape index (κ2) is 6.42. The van der Waals surface area contributed by atoms with Crippen molar-refractivity contribution in [3.05, 3.63) is 34.3 Å². The third-order valence-corrected chi connectivity index (χ3v) is 3.35. The van der Waals surface area contributed by atoms with E-state index >= 15 is 0 Å². The Morgan fingerprint density at radius 1 is 1.50 bits per heavy atom. The molecular formula is C13H13BrN4O2. The molecule has 1 unspecified atom stereocenters. The molecule has 1 aliphatic rings. The van der Waals surface area contributed by atoms with E-state index in [1.807, 2.05) is 24.3 Å². The molecule has 1 aromatic rings. The number of nitrogens with one attached hydrogen (secondary N) is 2. The Bertz CT molecular complexity index is 581. The topological polar surface area (TPSA) is 82.9 Å². The lowest BCUT2D eigenvalue weighted by molar-refractivity contribution is -0.127. The number of carbonyl (C=O) groups excluding carboxylic acids is 2. The molecule has 104 valence electrons. The molecule has 2 N–H and O–H groups in total. The number of hydrogen-bond donors (Lipinski definition) is 2. The van der Waals surface area contributed by atoms with Gasteiger partial charge in [0.2, 0.25) is 11.8 Å². The standard InChI is InChI=1S/C13H13BrN4O2/c1-8-11(13(20)18-16-8)6-12(19)17-15-7-9-2-4-10(14)5-3-9/h2-5,7,11H,6H2,1H3,(H,17,19)(H,18,20). The van der Waals surface area contributed by atoms with Gasteiger partial charge in [0.25, 0.3) is 0 Å². The van der Waals surface area contributed by atoms with Crippen LogP contribution in [0.2, 0.25) is 0 Å². The van der Waals surface area contributed by atoms with Crippen molar-refractivity contribution in [1.29, 1.82) is 0 Å². The van der Waals surface area contributed by atoms with E-state index in [-0.39, 0.29) is 18.2 Å². The van der Waals surface area contributed by atoms with Gasteiger partial charge in [-0.3, -0.25) is 9.59 Å². The fourth-order valence-electron chi connectivity index (χ4n) is 1.69. The summed E-state index contributed by atoms with van der Waals surface area (Å²) in [6.45, 7) is 1.71. The molecule has 20 heavy (non-hydrogen) atoms. The van der Waals surface area contributed by atoms with Gasteiger partial charge in [-0.25, -0.2) is 10.9 Å². The molecule has 7 heteroatoms. The Labute approximate surface area is 124 Å². The molecule has 0 saturated carbocycles. The highest BCUT2D eigenvalue weighted by Crippen LogP contribution is 2.11. The van der Waals surface area contributed by atoms with E-state index in [0.717, 1.165) is 10.0 Å². The number of rotatable bonds is 4. The van der Waals surface area contributed by atoms with Crippen molar-refractivity contribution in [2.75, 3.05) is 0 Å². The highest BCUT2D eigenvalue weighted by atomic mass is 79.9. The van der Waals surface area contributed by atoms with E-state index in [1.165, 1.54) is 0 Å². The number of nitrogens with zero attached hydrogens (tertiary/aromatic N) is 2. The Morgan fingerprint density at radius 3 is 2.80 bits per heavy atom. The zero-order valence-electron chi connectivity index (χ0n) is 10.8. The number of amides is 2. The second-order valence-electron chi connectivity index (χ2n) is 4.33. The Kier molecular flexibility index (Phi) is 4.62. The third kappa shape index (κ3) is 3.74. The highest BCUT2D eigenvalue weighted by Gasteiger charge is 2.28. The van der Waals surface area contributed by atoms with Crippen LogP contribution in [-0.4, -0.2) is 23.7 Å². The van der Waals surface area contributed by atoms with Crippen LogP contribution in [0.1, 0.15) is 18.9 Å². The molecule has 1 aliphatic heterocycles. The van der Waals surface area contributed by atoms with Crippen LogP contribution in [0, 0.1) is 5.92 Å². The highest BCUT2D eigenvalue weighted by molar-refractivity contribution is 9.10. The Morgan fingerprint density at radius 2 is 2.20 bits per heavy atom. The summed E-state index contributed by atoms with van der Waals surface area (Å²) in [5.74, 6) is -1.08. The predicted molar refractivity (Wildman–Crippen MR) is 79.2 cm³/mol. The summed E-state index contributed by atoms with van der Waals surface area (Å²) < 4.78 is 0.973. The minimum Gasteiger partial charge on any atom is -0.273 e. The van der Waals surface area contributed by atoms with Gasteiger partial charge in [-0.15, -0.1) is 0 Å². The predicted octanol–water partition coefficient (Wildman–Crippen LogP) is 1.41. The van der Waals surface area contributed by atoms with E-state index in [4.69, 9.17) is 0 Å². The lowest BCUT2D eigenvalue weighted by Gasteiger charge is -2.05. The summed E-state index contributed by atoms with van der Waals surface area (Å²) in [6, 6.07) is 7.49. The van der Waals surface area contributed by atoms with Crippen molar-refractivity contribution in [2.45, 2.75) is 13.3 Å². The van der Waals surface area contributed by atoms with Crippen molar-refractivity contribution in [3.8, 4) is 0 Å². The first kappa shape index (κ1) is 14.4. The Balaban J connectivity index is 1.85. The van der Waals surface area contributed by atoms with Crippen molar-refractivity contribution in [1.82, 2.24) is 10.9 Å². The van der Waals surface area contributed by atoms with E-state index < -0.39 is 5.92 Å². The van der Waals surface area contributed by atoms with Gasteiger partial charge >= 0.3 is 0 Å². The molecule has 1 aromatic carbocycles. The quantitative estimate of drug-likeness (QED) is 0.643. The fraction of sp³-hybridized carbons (Fsp3) is 0.231. The molecule has 0 bridgehead atoms. The first-order chi connectivity index (χ1) is 9.56. The van der Waals surface area contributed by atoms with Gasteiger partial charge in [-0.2, -0.15) is 10.2 Å². The average Bonchev–Trinajstić information content (AvgIpc) is 2.73. The fourth-order valence-corrected chi connectivity index (χ4v) is 1.95.